The number of rotatable bonds is 6. The molecule has 56 heavy (non-hydrogen) atoms. The third-order valence-corrected chi connectivity index (χ3v) is 10.7. The lowest BCUT2D eigenvalue weighted by molar-refractivity contribution is -0.329. The summed E-state index contributed by atoms with van der Waals surface area (Å²) >= 11 is 6.67. The zero-order valence-electron chi connectivity index (χ0n) is 31.1. The van der Waals surface area contributed by atoms with Gasteiger partial charge in [0.1, 0.15) is 24.6 Å². The highest BCUT2D eigenvalue weighted by atomic mass is 35.5. The van der Waals surface area contributed by atoms with Crippen LogP contribution < -0.4 is 25.3 Å². The zero-order chi connectivity index (χ0) is 40.4. The Labute approximate surface area is 326 Å². The lowest BCUT2D eigenvalue weighted by Crippen LogP contribution is -2.68. The predicted octanol–water partition coefficient (Wildman–Crippen LogP) is 2.80. The van der Waals surface area contributed by atoms with Crippen molar-refractivity contribution in [3.8, 4) is 23.0 Å². The minimum absolute atomic E-state index is 0.00752. The number of anilines is 1. The smallest absolute Gasteiger partial charge is 0.341 e. The van der Waals surface area contributed by atoms with E-state index in [9.17, 15) is 29.7 Å². The third-order valence-electron chi connectivity index (χ3n) is 10.4. The van der Waals surface area contributed by atoms with Gasteiger partial charge in [-0.15, -0.1) is 0 Å². The SMILES string of the molecule is C=C1Oc2cc(OC)cc(C(=O)OC3COC(=O)C[C@H](N)c4cc(O)c(c(Cl)c4)O[C@@H]4C=C3C3=CC=CC34O[C@@H]3OC(C)(C)[C@@H](N(C)C)[C@@H](O)[C@H]3O)c2NC1=O. The van der Waals surface area contributed by atoms with Gasteiger partial charge in [-0.25, -0.2) is 4.79 Å². The van der Waals surface area contributed by atoms with Crippen LogP contribution in [0.25, 0.3) is 0 Å². The Hall–Kier alpha value is -4.94. The fraction of sp³-hybridized carbons (Fsp3) is 0.410. The Morgan fingerprint density at radius 3 is 2.59 bits per heavy atom. The standard InChI is InChI=1S/C39H42ClN3O13/c1-17-35(48)42-30-21(12-19(50-6)13-26(30)52-17)36(49)53-27-16-51-29(45)15-24(41)18-10-23(40)33(25(44)11-18)54-28-14-20(27)22-8-7-9-39(22,28)56-37-32(47)31(46)34(43(4)5)38(2,3)55-37/h7-14,24,27-28,31-32,34,37,44,46-47H,1,15-16,41H2,2-6H3,(H,42,48)/t24-,27?,28+,31-,32+,34-,37-,39?/m0/s1. The summed E-state index contributed by atoms with van der Waals surface area (Å²) in [4.78, 5) is 41.7. The van der Waals surface area contributed by atoms with E-state index in [1.807, 2.05) is 0 Å². The van der Waals surface area contributed by atoms with E-state index in [-0.39, 0.29) is 51.3 Å². The quantitative estimate of drug-likeness (QED) is 0.210. The number of hydrogen-bond donors (Lipinski definition) is 5. The van der Waals surface area contributed by atoms with Crippen LogP contribution in [-0.2, 0) is 28.5 Å². The monoisotopic (exact) mass is 795 g/mol. The van der Waals surface area contributed by atoms with Gasteiger partial charge in [-0.3, -0.25) is 9.59 Å². The maximum absolute atomic E-state index is 14.2. The Morgan fingerprint density at radius 1 is 1.14 bits per heavy atom. The predicted molar refractivity (Wildman–Crippen MR) is 198 cm³/mol. The molecule has 298 valence electrons. The van der Waals surface area contributed by atoms with Crippen molar-refractivity contribution in [1.29, 1.82) is 0 Å². The maximum Gasteiger partial charge on any atom is 0.341 e. The summed E-state index contributed by atoms with van der Waals surface area (Å²) in [5, 5.41) is 36.5. The van der Waals surface area contributed by atoms with Crippen molar-refractivity contribution in [2.75, 3.05) is 33.1 Å². The third kappa shape index (κ3) is 6.80. The van der Waals surface area contributed by atoms with E-state index in [2.05, 4.69) is 11.9 Å². The molecule has 0 radical (unpaired) electrons. The molecule has 0 spiro atoms. The van der Waals surface area contributed by atoms with Crippen LogP contribution in [-0.4, -0.2) is 114 Å². The van der Waals surface area contributed by atoms with Crippen LogP contribution in [0, 0.1) is 0 Å². The number of carbonyl (C=O) groups is 3. The van der Waals surface area contributed by atoms with Crippen LogP contribution >= 0.6 is 11.6 Å². The summed E-state index contributed by atoms with van der Waals surface area (Å²) in [5.41, 5.74) is 4.35. The van der Waals surface area contributed by atoms with Crippen molar-refractivity contribution in [1.82, 2.24) is 4.90 Å². The number of hydrogen-bond acceptors (Lipinski definition) is 15. The van der Waals surface area contributed by atoms with E-state index in [0.29, 0.717) is 11.1 Å². The molecule has 4 bridgehead atoms. The topological polar surface area (TPSA) is 218 Å². The van der Waals surface area contributed by atoms with Gasteiger partial charge in [0.05, 0.1) is 41.4 Å². The number of aromatic hydroxyl groups is 1. The minimum Gasteiger partial charge on any atom is -0.504 e. The first-order chi connectivity index (χ1) is 26.4. The van der Waals surface area contributed by atoms with E-state index in [1.165, 1.54) is 31.4 Å². The number of methoxy groups -OCH3 is 1. The molecule has 2 unspecified atom stereocenters. The summed E-state index contributed by atoms with van der Waals surface area (Å²) in [6.07, 6.45) is -0.762. The van der Waals surface area contributed by atoms with Gasteiger partial charge in [0.15, 0.2) is 47.1 Å². The van der Waals surface area contributed by atoms with Gasteiger partial charge >= 0.3 is 11.9 Å². The van der Waals surface area contributed by atoms with E-state index in [4.69, 9.17) is 50.5 Å². The molecule has 0 saturated carbocycles. The number of ether oxygens (including phenoxy) is 7. The van der Waals surface area contributed by atoms with Crippen molar-refractivity contribution in [3.63, 3.8) is 0 Å². The molecule has 4 heterocycles. The molecule has 4 aliphatic heterocycles. The van der Waals surface area contributed by atoms with Gasteiger partial charge in [-0.2, -0.15) is 0 Å². The molecule has 1 saturated heterocycles. The summed E-state index contributed by atoms with van der Waals surface area (Å²) in [6.45, 7) is 6.57. The number of allylic oxidation sites excluding steroid dienone is 2. The van der Waals surface area contributed by atoms with Gasteiger partial charge in [0, 0.05) is 17.7 Å². The average molecular weight is 796 g/mol. The number of likely N-dealkylation sites (N-methyl/N-ethyl adjacent to an activating group) is 1. The lowest BCUT2D eigenvalue weighted by atomic mass is 9.86. The first-order valence-corrected chi connectivity index (χ1v) is 18.0. The van der Waals surface area contributed by atoms with Gasteiger partial charge in [-0.05, 0) is 69.4 Å². The highest BCUT2D eigenvalue weighted by Gasteiger charge is 2.58. The van der Waals surface area contributed by atoms with Gasteiger partial charge in [-0.1, -0.05) is 30.3 Å². The number of fused-ring (bicyclic) bond motifs is 9. The van der Waals surface area contributed by atoms with E-state index in [1.54, 1.807) is 57.1 Å². The molecule has 6 aliphatic rings. The molecule has 17 heteroatoms. The number of phenolic OH excluding ortho intramolecular Hbond substituents is 1. The number of aliphatic hydroxyl groups is 2. The van der Waals surface area contributed by atoms with Crippen LogP contribution in [0.15, 0.2) is 72.1 Å². The number of carbonyl (C=O) groups excluding carboxylic acids is 3. The first-order valence-electron chi connectivity index (χ1n) is 17.7. The lowest BCUT2D eigenvalue weighted by Gasteiger charge is -2.51. The van der Waals surface area contributed by atoms with Crippen molar-refractivity contribution in [2.45, 2.75) is 74.3 Å². The molecule has 8 rings (SSSR count). The summed E-state index contributed by atoms with van der Waals surface area (Å²) < 4.78 is 42.2. The molecular weight excluding hydrogens is 754 g/mol. The van der Waals surface area contributed by atoms with Crippen molar-refractivity contribution in [2.24, 2.45) is 5.73 Å². The van der Waals surface area contributed by atoms with E-state index in [0.717, 1.165) is 0 Å². The number of phenols is 1. The second-order valence-electron chi connectivity index (χ2n) is 14.8. The molecule has 2 aromatic rings. The van der Waals surface area contributed by atoms with Crippen LogP contribution in [0.5, 0.6) is 23.0 Å². The molecule has 1 amide bonds. The average Bonchev–Trinajstić information content (AvgIpc) is 3.66. The van der Waals surface area contributed by atoms with E-state index >= 15 is 0 Å². The molecule has 0 aromatic heterocycles. The highest BCUT2D eigenvalue weighted by molar-refractivity contribution is 6.32. The molecule has 2 aromatic carbocycles. The Bertz CT molecular complexity index is 2070. The summed E-state index contributed by atoms with van der Waals surface area (Å²) in [6, 6.07) is 4.00. The van der Waals surface area contributed by atoms with Crippen molar-refractivity contribution < 1.29 is 62.9 Å². The van der Waals surface area contributed by atoms with Gasteiger partial charge in [0.25, 0.3) is 5.91 Å². The molecule has 1 fully saturated rings. The van der Waals surface area contributed by atoms with Crippen LogP contribution in [0.2, 0.25) is 5.02 Å². The van der Waals surface area contributed by atoms with E-state index < -0.39 is 84.2 Å². The summed E-state index contributed by atoms with van der Waals surface area (Å²) in [5.74, 6) is -2.90. The fourth-order valence-electron chi connectivity index (χ4n) is 7.84. The normalized spacial score (nSPS) is 30.5. The molecular formula is C39H42ClN3O13. The molecule has 16 nitrogen and oxygen atoms in total. The van der Waals surface area contributed by atoms with Gasteiger partial charge < -0.3 is 64.4 Å². The van der Waals surface area contributed by atoms with Crippen molar-refractivity contribution >= 4 is 35.1 Å². The number of nitrogens with one attached hydrogen (secondary N) is 1. The first kappa shape index (κ1) is 39.3. The minimum atomic E-state index is -1.67. The number of nitrogens with zero attached hydrogens (tertiary/aromatic N) is 1. The molecule has 8 atom stereocenters. The Kier molecular flexibility index (Phi) is 10.2. The summed E-state index contributed by atoms with van der Waals surface area (Å²) in [7, 11) is 4.88. The largest absolute Gasteiger partial charge is 0.504 e. The second kappa shape index (κ2) is 14.5. The number of amides is 1. The van der Waals surface area contributed by atoms with Crippen LogP contribution in [0.1, 0.15) is 42.2 Å². The zero-order valence-corrected chi connectivity index (χ0v) is 31.9. The second-order valence-corrected chi connectivity index (χ2v) is 15.2. The van der Waals surface area contributed by atoms with Gasteiger partial charge in [0.2, 0.25) is 0 Å². The van der Waals surface area contributed by atoms with Crippen LogP contribution in [0.3, 0.4) is 0 Å². The number of halogens is 1. The molecule has 2 aliphatic carbocycles. The number of esters is 2. The number of nitrogens with two attached hydrogens (primary N) is 1. The number of aliphatic hydroxyl groups excluding tert-OH is 2. The number of benzene rings is 2. The fourth-order valence-corrected chi connectivity index (χ4v) is 8.11. The van der Waals surface area contributed by atoms with Crippen LogP contribution in [0.4, 0.5) is 5.69 Å². The maximum atomic E-state index is 14.2. The molecule has 6 N–H and O–H groups in total. The Morgan fingerprint density at radius 2 is 1.89 bits per heavy atom. The highest BCUT2D eigenvalue weighted by Crippen LogP contribution is 2.51. The van der Waals surface area contributed by atoms with Crippen molar-refractivity contribution in [3.05, 3.63) is 88.2 Å². The Balaban J connectivity index is 1.32.